The molecule has 160 valence electrons. The van der Waals surface area contributed by atoms with Crippen LogP contribution < -0.4 is 20.7 Å². The summed E-state index contributed by atoms with van der Waals surface area (Å²) < 4.78 is 7.46. The summed E-state index contributed by atoms with van der Waals surface area (Å²) in [6.45, 7) is 0. The lowest BCUT2D eigenvalue weighted by molar-refractivity contribution is -0.117. The van der Waals surface area contributed by atoms with Gasteiger partial charge in [0.05, 0.1) is 29.7 Å². The largest absolute Gasteiger partial charge is 0.494 e. The highest BCUT2D eigenvalue weighted by Gasteiger charge is 2.30. The lowest BCUT2D eigenvalue weighted by atomic mass is 10.1. The van der Waals surface area contributed by atoms with Crippen molar-refractivity contribution in [3.8, 4) is 17.0 Å². The summed E-state index contributed by atoms with van der Waals surface area (Å²) in [5.74, 6) is 0.689. The van der Waals surface area contributed by atoms with Gasteiger partial charge in [-0.25, -0.2) is 4.98 Å². The molecule has 9 nitrogen and oxygen atoms in total. The number of anilines is 3. The minimum atomic E-state index is -0.295. The molecule has 0 unspecified atom stereocenters. The number of benzene rings is 1. The highest BCUT2D eigenvalue weighted by Crippen LogP contribution is 2.38. The lowest BCUT2D eigenvalue weighted by Crippen LogP contribution is -2.20. The number of hydrogen-bond donors (Lipinski definition) is 3. The maximum atomic E-state index is 12.4. The van der Waals surface area contributed by atoms with E-state index in [1.807, 2.05) is 31.3 Å². The van der Waals surface area contributed by atoms with E-state index in [-0.39, 0.29) is 17.7 Å². The van der Waals surface area contributed by atoms with Crippen molar-refractivity contribution in [1.82, 2.24) is 20.1 Å². The molecule has 2 aromatic heterocycles. The second kappa shape index (κ2) is 8.47. The predicted molar refractivity (Wildman–Crippen MR) is 117 cm³/mol. The van der Waals surface area contributed by atoms with Gasteiger partial charge in [0.2, 0.25) is 5.91 Å². The molecule has 1 aliphatic rings. The van der Waals surface area contributed by atoms with E-state index >= 15 is 0 Å². The fourth-order valence-electron chi connectivity index (χ4n) is 3.36. The standard InChI is InChI=1S/C22H24N6O3/c1-23-22(30)15-12-24-19(27-21(29)13-7-8-13)11-17(15)26-16-6-4-5-14(20(16)31-3)18-9-10-25-28(18)2/h4-6,9-13H,7-8H2,1-3H3,(H,23,30)(H2,24,26,27,29). The smallest absolute Gasteiger partial charge is 0.254 e. The van der Waals surface area contributed by atoms with Crippen molar-refractivity contribution in [2.75, 3.05) is 24.8 Å². The number of carbonyl (C=O) groups is 2. The molecule has 1 aliphatic carbocycles. The molecular formula is C22H24N6O3. The van der Waals surface area contributed by atoms with Crippen LogP contribution in [-0.2, 0) is 11.8 Å². The Morgan fingerprint density at radius 2 is 2.00 bits per heavy atom. The van der Waals surface area contributed by atoms with Crippen LogP contribution in [0.15, 0.2) is 42.7 Å². The number of amides is 2. The van der Waals surface area contributed by atoms with Crippen LogP contribution in [0.2, 0.25) is 0 Å². The maximum Gasteiger partial charge on any atom is 0.254 e. The minimum Gasteiger partial charge on any atom is -0.494 e. The topological polar surface area (TPSA) is 110 Å². The molecule has 3 aromatic rings. The summed E-state index contributed by atoms with van der Waals surface area (Å²) in [6.07, 6.45) is 4.95. The molecule has 0 aliphatic heterocycles. The molecule has 9 heteroatoms. The summed E-state index contributed by atoms with van der Waals surface area (Å²) in [6, 6.07) is 9.24. The van der Waals surface area contributed by atoms with E-state index < -0.39 is 0 Å². The van der Waals surface area contributed by atoms with Crippen LogP contribution in [0.1, 0.15) is 23.2 Å². The highest BCUT2D eigenvalue weighted by molar-refractivity contribution is 6.01. The Hall–Kier alpha value is -3.88. The molecule has 1 fully saturated rings. The average Bonchev–Trinajstić information content (AvgIpc) is 3.54. The average molecular weight is 420 g/mol. The first-order chi connectivity index (χ1) is 15.0. The number of para-hydroxylation sites is 1. The van der Waals surface area contributed by atoms with Crippen molar-refractivity contribution in [1.29, 1.82) is 0 Å². The van der Waals surface area contributed by atoms with Gasteiger partial charge in [0.15, 0.2) is 5.75 Å². The fourth-order valence-corrected chi connectivity index (χ4v) is 3.36. The number of nitrogens with one attached hydrogen (secondary N) is 3. The van der Waals surface area contributed by atoms with Crippen molar-refractivity contribution in [2.45, 2.75) is 12.8 Å². The SMILES string of the molecule is CNC(=O)c1cnc(NC(=O)C2CC2)cc1Nc1cccc(-c2ccnn2C)c1OC. The van der Waals surface area contributed by atoms with Gasteiger partial charge in [0.25, 0.3) is 5.91 Å². The number of pyridine rings is 1. The van der Waals surface area contributed by atoms with Crippen LogP contribution in [0.4, 0.5) is 17.2 Å². The van der Waals surface area contributed by atoms with Crippen molar-refractivity contribution < 1.29 is 14.3 Å². The van der Waals surface area contributed by atoms with Gasteiger partial charge in [0.1, 0.15) is 5.82 Å². The van der Waals surface area contributed by atoms with E-state index in [9.17, 15) is 9.59 Å². The molecule has 31 heavy (non-hydrogen) atoms. The van der Waals surface area contributed by atoms with Gasteiger partial charge in [-0.1, -0.05) is 6.07 Å². The van der Waals surface area contributed by atoms with E-state index in [1.165, 1.54) is 6.20 Å². The Morgan fingerprint density at radius 1 is 1.19 bits per heavy atom. The maximum absolute atomic E-state index is 12.4. The van der Waals surface area contributed by atoms with E-state index in [1.54, 1.807) is 31.1 Å². The molecule has 0 saturated heterocycles. The first-order valence-electron chi connectivity index (χ1n) is 9.97. The third-order valence-electron chi connectivity index (χ3n) is 5.16. The van der Waals surface area contributed by atoms with Crippen LogP contribution in [0.5, 0.6) is 5.75 Å². The van der Waals surface area contributed by atoms with Crippen molar-refractivity contribution >= 4 is 29.0 Å². The summed E-state index contributed by atoms with van der Waals surface area (Å²) in [5, 5.41) is 12.9. The molecule has 0 atom stereocenters. The number of methoxy groups -OCH3 is 1. The fraction of sp³-hybridized carbons (Fsp3) is 0.273. The quantitative estimate of drug-likeness (QED) is 0.542. The first-order valence-corrected chi connectivity index (χ1v) is 9.97. The Morgan fingerprint density at radius 3 is 2.65 bits per heavy atom. The highest BCUT2D eigenvalue weighted by atomic mass is 16.5. The van der Waals surface area contributed by atoms with Crippen molar-refractivity contribution in [3.63, 3.8) is 0 Å². The second-order valence-corrected chi connectivity index (χ2v) is 7.31. The first kappa shape index (κ1) is 20.4. The molecule has 2 heterocycles. The normalized spacial score (nSPS) is 12.9. The zero-order valence-corrected chi connectivity index (χ0v) is 17.6. The number of nitrogens with zero attached hydrogens (tertiary/aromatic N) is 3. The van der Waals surface area contributed by atoms with Gasteiger partial charge in [-0.2, -0.15) is 5.10 Å². The van der Waals surface area contributed by atoms with E-state index in [0.717, 1.165) is 24.1 Å². The van der Waals surface area contributed by atoms with Crippen molar-refractivity contribution in [3.05, 3.63) is 48.3 Å². The van der Waals surface area contributed by atoms with Crippen LogP contribution in [0.25, 0.3) is 11.3 Å². The zero-order valence-electron chi connectivity index (χ0n) is 17.6. The predicted octanol–water partition coefficient (Wildman–Crippen LogP) is 2.94. The molecule has 0 radical (unpaired) electrons. The summed E-state index contributed by atoms with van der Waals surface area (Å²) in [7, 11) is 5.00. The summed E-state index contributed by atoms with van der Waals surface area (Å²) in [5.41, 5.74) is 3.25. The number of ether oxygens (including phenoxy) is 1. The molecule has 3 N–H and O–H groups in total. The van der Waals surface area contributed by atoms with Crippen molar-refractivity contribution in [2.24, 2.45) is 13.0 Å². The molecule has 2 amide bonds. The van der Waals surface area contributed by atoms with Crippen LogP contribution in [0.3, 0.4) is 0 Å². The third kappa shape index (κ3) is 4.20. The third-order valence-corrected chi connectivity index (χ3v) is 5.16. The number of aromatic nitrogens is 3. The lowest BCUT2D eigenvalue weighted by Gasteiger charge is -2.17. The monoisotopic (exact) mass is 420 g/mol. The van der Waals surface area contributed by atoms with Gasteiger partial charge in [0, 0.05) is 44.0 Å². The molecule has 0 bridgehead atoms. The number of aryl methyl sites for hydroxylation is 1. The van der Waals surface area contributed by atoms with Gasteiger partial charge in [-0.3, -0.25) is 14.3 Å². The van der Waals surface area contributed by atoms with Crippen LogP contribution in [-0.4, -0.2) is 40.7 Å². The Labute approximate surface area is 179 Å². The van der Waals surface area contributed by atoms with Gasteiger partial charge in [-0.05, 0) is 31.0 Å². The van der Waals surface area contributed by atoms with Gasteiger partial charge in [-0.15, -0.1) is 0 Å². The second-order valence-electron chi connectivity index (χ2n) is 7.31. The zero-order chi connectivity index (χ0) is 22.0. The Kier molecular flexibility index (Phi) is 5.57. The number of rotatable bonds is 7. The number of carbonyl (C=O) groups excluding carboxylic acids is 2. The molecule has 1 saturated carbocycles. The molecule has 0 spiro atoms. The van der Waals surface area contributed by atoms with E-state index in [2.05, 4.69) is 26.0 Å². The summed E-state index contributed by atoms with van der Waals surface area (Å²) in [4.78, 5) is 28.8. The van der Waals surface area contributed by atoms with E-state index in [0.29, 0.717) is 28.5 Å². The summed E-state index contributed by atoms with van der Waals surface area (Å²) >= 11 is 0. The van der Waals surface area contributed by atoms with Gasteiger partial charge < -0.3 is 20.7 Å². The molecular weight excluding hydrogens is 396 g/mol. The van der Waals surface area contributed by atoms with Crippen LogP contribution in [0, 0.1) is 5.92 Å². The number of hydrogen-bond acceptors (Lipinski definition) is 6. The molecule has 4 rings (SSSR count). The van der Waals surface area contributed by atoms with Gasteiger partial charge >= 0.3 is 0 Å². The Balaban J connectivity index is 1.72. The Bertz CT molecular complexity index is 1140. The van der Waals surface area contributed by atoms with E-state index in [4.69, 9.17) is 4.74 Å². The van der Waals surface area contributed by atoms with Crippen LogP contribution >= 0.6 is 0 Å². The molecule has 1 aromatic carbocycles. The minimum absolute atomic E-state index is 0.0486.